The van der Waals surface area contributed by atoms with E-state index in [0.717, 1.165) is 12.4 Å². The van der Waals surface area contributed by atoms with Crippen LogP contribution in [0.3, 0.4) is 0 Å². The number of hydrogen-bond donors (Lipinski definition) is 1. The summed E-state index contributed by atoms with van der Waals surface area (Å²) in [5.74, 6) is 1.07. The van der Waals surface area contributed by atoms with Gasteiger partial charge in [0.2, 0.25) is 0 Å². The van der Waals surface area contributed by atoms with Gasteiger partial charge in [-0.05, 0) is 13.8 Å². The third kappa shape index (κ3) is 7.92. The third-order valence-electron chi connectivity index (χ3n) is 0.762. The van der Waals surface area contributed by atoms with Crippen LogP contribution in [0.2, 0.25) is 0 Å². The van der Waals surface area contributed by atoms with Gasteiger partial charge in [-0.1, -0.05) is 12.2 Å². The molecule has 9 heavy (non-hydrogen) atoms. The summed E-state index contributed by atoms with van der Waals surface area (Å²) >= 11 is 1.24. The van der Waals surface area contributed by atoms with Gasteiger partial charge >= 0.3 is 0 Å². The Labute approximate surface area is 60.7 Å². The topological polar surface area (TPSA) is 9.23 Å². The van der Waals surface area contributed by atoms with Crippen LogP contribution in [0.1, 0.15) is 13.8 Å². The van der Waals surface area contributed by atoms with Crippen molar-refractivity contribution in [1.82, 2.24) is 0 Å². The maximum Gasteiger partial charge on any atom is 0.0600 e. The Morgan fingerprint density at radius 3 is 2.89 bits per heavy atom. The van der Waals surface area contributed by atoms with Crippen LogP contribution < -0.4 is 0 Å². The molecule has 0 aromatic heterocycles. The van der Waals surface area contributed by atoms with E-state index in [0.29, 0.717) is 0 Å². The summed E-state index contributed by atoms with van der Waals surface area (Å²) in [6, 6.07) is 0. The molecule has 2 heteroatoms. The highest BCUT2D eigenvalue weighted by molar-refractivity contribution is 7.97. The number of allylic oxidation sites excluding steroid dienone is 1. The first-order chi connectivity index (χ1) is 4.41. The molecule has 0 heterocycles. The average Bonchev–Trinajstić information content (AvgIpc) is 1.89. The number of rotatable bonds is 4. The minimum Gasteiger partial charge on any atom is -0.348 e. The molecule has 0 bridgehead atoms. The van der Waals surface area contributed by atoms with Crippen molar-refractivity contribution < 1.29 is 4.74 Å². The second kappa shape index (κ2) is 7.92. The second-order valence-electron chi connectivity index (χ2n) is 1.49. The molecule has 0 saturated carbocycles. The van der Waals surface area contributed by atoms with Gasteiger partial charge in [-0.2, -0.15) is 11.4 Å². The van der Waals surface area contributed by atoms with E-state index in [9.17, 15) is 0 Å². The lowest BCUT2D eigenvalue weighted by molar-refractivity contribution is 0.351. The van der Waals surface area contributed by atoms with Gasteiger partial charge in [-0.3, -0.25) is 0 Å². The molecular formula is C7H14OS. The Hall–Kier alpha value is -0.0800. The van der Waals surface area contributed by atoms with Crippen molar-refractivity contribution in [1.29, 1.82) is 0 Å². The lowest BCUT2D eigenvalue weighted by Crippen LogP contribution is -1.81. The van der Waals surface area contributed by atoms with Crippen molar-refractivity contribution in [2.75, 3.05) is 12.4 Å². The van der Waals surface area contributed by atoms with E-state index < -0.39 is 0 Å². The van der Waals surface area contributed by atoms with E-state index in [4.69, 9.17) is 4.74 Å². The van der Waals surface area contributed by atoms with Crippen LogP contribution in [-0.4, -0.2) is 17.9 Å². The molecule has 0 aliphatic carbocycles. The molecule has 0 rings (SSSR count). The van der Waals surface area contributed by atoms with E-state index in [1.54, 1.807) is 0 Å². The highest BCUT2D eigenvalue weighted by Crippen LogP contribution is 1.85. The molecule has 0 amide bonds. The largest absolute Gasteiger partial charge is 0.348 e. The van der Waals surface area contributed by atoms with Crippen molar-refractivity contribution >= 4 is 16.9 Å². The summed E-state index contributed by atoms with van der Waals surface area (Å²) in [5.41, 5.74) is 1.83. The summed E-state index contributed by atoms with van der Waals surface area (Å²) < 4.78 is 5.01. The molecule has 0 radical (unpaired) electrons. The molecule has 0 unspecified atom stereocenters. The molecule has 0 atom stereocenters. The van der Waals surface area contributed by atoms with E-state index in [1.165, 1.54) is 11.4 Å². The fourth-order valence-electron chi connectivity index (χ4n) is 0.337. The molecule has 54 valence electrons. The fraction of sp³-hybridized carbons (Fsp3) is 0.571. The monoisotopic (exact) mass is 146 g/mol. The summed E-state index contributed by atoms with van der Waals surface area (Å²) in [5, 5.41) is 0. The van der Waals surface area contributed by atoms with Crippen LogP contribution in [0.5, 0.6) is 0 Å². The zero-order valence-electron chi connectivity index (χ0n) is 6.00. The van der Waals surface area contributed by atoms with E-state index >= 15 is 0 Å². The zero-order valence-corrected chi connectivity index (χ0v) is 6.90. The SMILES string of the molecule is C/C=C/C/[SH]=C/OCC. The molecule has 0 aliphatic heterocycles. The van der Waals surface area contributed by atoms with Crippen LogP contribution in [0.15, 0.2) is 12.2 Å². The van der Waals surface area contributed by atoms with E-state index in [-0.39, 0.29) is 0 Å². The summed E-state index contributed by atoms with van der Waals surface area (Å²) in [7, 11) is 0. The fourth-order valence-corrected chi connectivity index (χ4v) is 1.01. The van der Waals surface area contributed by atoms with Gasteiger partial charge in [-0.25, -0.2) is 0 Å². The lowest BCUT2D eigenvalue weighted by atomic mass is 10.6. The average molecular weight is 146 g/mol. The van der Waals surface area contributed by atoms with Gasteiger partial charge < -0.3 is 4.74 Å². The maximum atomic E-state index is 5.01. The maximum absolute atomic E-state index is 5.01. The summed E-state index contributed by atoms with van der Waals surface area (Å²) in [6.07, 6.45) is 4.17. The van der Waals surface area contributed by atoms with E-state index in [2.05, 4.69) is 6.08 Å². The number of hydrogen-bond acceptors (Lipinski definition) is 1. The Morgan fingerprint density at radius 2 is 2.33 bits per heavy atom. The van der Waals surface area contributed by atoms with Gasteiger partial charge in [0.1, 0.15) is 0 Å². The van der Waals surface area contributed by atoms with Crippen molar-refractivity contribution in [2.24, 2.45) is 0 Å². The molecule has 0 N–H and O–H groups in total. The Morgan fingerprint density at radius 1 is 1.56 bits per heavy atom. The van der Waals surface area contributed by atoms with Crippen molar-refractivity contribution in [3.63, 3.8) is 0 Å². The minimum absolute atomic E-state index is 0.781. The first kappa shape index (κ1) is 8.92. The Kier molecular flexibility index (Phi) is 7.85. The highest BCUT2D eigenvalue weighted by atomic mass is 32.1. The molecule has 0 aliphatic rings. The molecule has 0 aromatic carbocycles. The van der Waals surface area contributed by atoms with Crippen molar-refractivity contribution in [2.45, 2.75) is 13.8 Å². The summed E-state index contributed by atoms with van der Waals surface area (Å²) in [4.78, 5) is 0. The normalized spacial score (nSPS) is 12.7. The van der Waals surface area contributed by atoms with Crippen molar-refractivity contribution in [3.8, 4) is 0 Å². The molecule has 0 aromatic rings. The number of ether oxygens (including phenoxy) is 1. The molecule has 0 saturated heterocycles. The molecule has 0 fully saturated rings. The van der Waals surface area contributed by atoms with Crippen LogP contribution in [0.25, 0.3) is 0 Å². The minimum atomic E-state index is 0.781. The molecular weight excluding hydrogens is 132 g/mol. The van der Waals surface area contributed by atoms with Crippen LogP contribution in [0.4, 0.5) is 0 Å². The second-order valence-corrected chi connectivity index (χ2v) is 2.44. The van der Waals surface area contributed by atoms with E-state index in [1.807, 2.05) is 25.5 Å². The zero-order chi connectivity index (χ0) is 6.95. The van der Waals surface area contributed by atoms with Gasteiger partial charge in [0.25, 0.3) is 0 Å². The highest BCUT2D eigenvalue weighted by Gasteiger charge is 1.68. The Bertz CT molecular complexity index is 97.1. The van der Waals surface area contributed by atoms with Gasteiger partial charge in [0, 0.05) is 5.75 Å². The third-order valence-corrected chi connectivity index (χ3v) is 1.48. The summed E-state index contributed by atoms with van der Waals surface area (Å²) in [6.45, 7) is 4.79. The first-order valence-corrected chi connectivity index (χ1v) is 4.27. The standard InChI is InChI=1S/C7H14OS/c1-3-5-6-9-7-8-4-2/h3,5,7,9H,4,6H2,1-2H3/b5-3+. The molecule has 0 spiro atoms. The Balaban J connectivity index is 3.04. The molecule has 1 nitrogen and oxygen atoms in total. The van der Waals surface area contributed by atoms with Crippen LogP contribution in [-0.2, 0) is 4.74 Å². The lowest BCUT2D eigenvalue weighted by Gasteiger charge is -1.86. The first-order valence-electron chi connectivity index (χ1n) is 3.12. The van der Waals surface area contributed by atoms with Gasteiger partial charge in [0.05, 0.1) is 12.2 Å². The van der Waals surface area contributed by atoms with Gasteiger partial charge in [-0.15, -0.1) is 0 Å². The predicted octanol–water partition coefficient (Wildman–Crippen LogP) is 1.82. The predicted molar refractivity (Wildman–Crippen MR) is 46.4 cm³/mol. The van der Waals surface area contributed by atoms with Crippen LogP contribution in [0, 0.1) is 0 Å². The smallest absolute Gasteiger partial charge is 0.0600 e. The number of thiol groups is 1. The van der Waals surface area contributed by atoms with Crippen molar-refractivity contribution in [3.05, 3.63) is 12.2 Å². The van der Waals surface area contributed by atoms with Gasteiger partial charge in [0.15, 0.2) is 0 Å². The van der Waals surface area contributed by atoms with Crippen LogP contribution >= 0.6 is 11.4 Å². The quantitative estimate of drug-likeness (QED) is 0.361.